The van der Waals surface area contributed by atoms with E-state index in [2.05, 4.69) is 44.7 Å². The summed E-state index contributed by atoms with van der Waals surface area (Å²) in [4.78, 5) is 0. The van der Waals surface area contributed by atoms with Crippen LogP contribution in [0.5, 0.6) is 0 Å². The monoisotopic (exact) mass is 197 g/mol. The van der Waals surface area contributed by atoms with Crippen LogP contribution in [0, 0.1) is 0 Å². The number of hydrogen-bond acceptors (Lipinski definition) is 0. The van der Waals surface area contributed by atoms with E-state index in [1.807, 2.05) is 0 Å². The first-order valence-electron chi connectivity index (χ1n) is 4.21. The van der Waals surface area contributed by atoms with Gasteiger partial charge in [-0.05, 0) is 16.7 Å². The number of hydrogen-bond donors (Lipinski definition) is 0. The van der Waals surface area contributed by atoms with E-state index in [9.17, 15) is 0 Å². The van der Waals surface area contributed by atoms with Crippen LogP contribution in [-0.4, -0.2) is 8.11 Å². The zero-order chi connectivity index (χ0) is 9.14. The normalized spacial score (nSPS) is 11.2. The van der Waals surface area contributed by atoms with Crippen LogP contribution < -0.4 is 5.19 Å². The van der Waals surface area contributed by atoms with Gasteiger partial charge in [-0.15, -0.1) is 0 Å². The summed E-state index contributed by atoms with van der Waals surface area (Å²) >= 11 is 6.15. The summed E-state index contributed by atoms with van der Waals surface area (Å²) in [7, 11) is -0.814. The molecule has 12 heavy (non-hydrogen) atoms. The molecule has 0 aliphatic heterocycles. The molecule has 0 heterocycles. The van der Waals surface area contributed by atoms with E-state index < -0.39 is 8.11 Å². The molecule has 0 spiro atoms. The second-order valence-electron chi connectivity index (χ2n) is 3.28. The Morgan fingerprint density at radius 2 is 1.83 bits per heavy atom. The molecular weight excluding hydrogens is 184 g/mol. The van der Waals surface area contributed by atoms with Crippen LogP contribution in [0.2, 0.25) is 6.55 Å². The van der Waals surface area contributed by atoms with Gasteiger partial charge in [0.25, 0.3) is 0 Å². The van der Waals surface area contributed by atoms with Gasteiger partial charge in [-0.3, -0.25) is 0 Å². The van der Waals surface area contributed by atoms with Crippen molar-refractivity contribution in [3.05, 3.63) is 29.8 Å². The molecule has 0 aliphatic rings. The van der Waals surface area contributed by atoms with Crippen LogP contribution in [0.25, 0.3) is 0 Å². The lowest BCUT2D eigenvalue weighted by Crippen LogP contribution is -2.25. The molecule has 1 rings (SSSR count). The largest absolute Gasteiger partial charge is 0.196 e. The maximum atomic E-state index is 6.15. The Labute approximate surface area is 80.9 Å². The molecule has 1 aromatic carbocycles. The lowest BCUT2D eigenvalue weighted by Gasteiger charge is -2.12. The van der Waals surface area contributed by atoms with Gasteiger partial charge in [0.05, 0.1) is 0 Å². The molecule has 0 saturated carbocycles. The average Bonchev–Trinajstić information content (AvgIpc) is 2.04. The van der Waals surface area contributed by atoms with E-state index in [0.717, 1.165) is 0 Å². The van der Waals surface area contributed by atoms with Crippen LogP contribution in [0.4, 0.5) is 0 Å². The maximum Gasteiger partial charge on any atom is 0.196 e. The third-order valence-electron chi connectivity index (χ3n) is 1.95. The van der Waals surface area contributed by atoms with Crippen molar-refractivity contribution in [2.24, 2.45) is 0 Å². The maximum absolute atomic E-state index is 6.15. The van der Waals surface area contributed by atoms with Gasteiger partial charge in [-0.1, -0.05) is 44.7 Å². The van der Waals surface area contributed by atoms with E-state index in [1.165, 1.54) is 10.8 Å². The standard InChI is InChI=1S/C10H14ClSi/c1-8(2)9-6-4-5-7-10(9)12(3)11/h4-8H,1-3H3. The van der Waals surface area contributed by atoms with Gasteiger partial charge in [0.15, 0.2) is 8.11 Å². The van der Waals surface area contributed by atoms with Crippen molar-refractivity contribution in [3.8, 4) is 0 Å². The third-order valence-corrected chi connectivity index (χ3v) is 3.76. The van der Waals surface area contributed by atoms with Crippen molar-refractivity contribution in [2.75, 3.05) is 0 Å². The van der Waals surface area contributed by atoms with Gasteiger partial charge in [0.1, 0.15) is 0 Å². The highest BCUT2D eigenvalue weighted by molar-refractivity contribution is 7.13. The molecule has 65 valence electrons. The van der Waals surface area contributed by atoms with Gasteiger partial charge in [0, 0.05) is 0 Å². The van der Waals surface area contributed by atoms with Crippen LogP contribution in [0.15, 0.2) is 24.3 Å². The van der Waals surface area contributed by atoms with Crippen LogP contribution in [-0.2, 0) is 0 Å². The third kappa shape index (κ3) is 2.11. The zero-order valence-electron chi connectivity index (χ0n) is 7.76. The molecule has 1 radical (unpaired) electrons. The van der Waals surface area contributed by atoms with Crippen LogP contribution in [0.3, 0.4) is 0 Å². The fourth-order valence-electron chi connectivity index (χ4n) is 1.31. The Hall–Kier alpha value is -0.273. The second-order valence-corrected chi connectivity index (χ2v) is 6.58. The quantitative estimate of drug-likeness (QED) is 0.505. The van der Waals surface area contributed by atoms with Crippen molar-refractivity contribution in [1.29, 1.82) is 0 Å². The molecule has 0 amide bonds. The van der Waals surface area contributed by atoms with E-state index in [0.29, 0.717) is 5.92 Å². The lowest BCUT2D eigenvalue weighted by molar-refractivity contribution is 0.873. The summed E-state index contributed by atoms with van der Waals surface area (Å²) in [5.41, 5.74) is 1.41. The molecule has 0 atom stereocenters. The Bertz CT molecular complexity index is 229. The molecule has 0 aliphatic carbocycles. The Balaban J connectivity index is 3.09. The zero-order valence-corrected chi connectivity index (χ0v) is 9.52. The minimum absolute atomic E-state index is 0.583. The molecular formula is C10H14ClSi. The van der Waals surface area contributed by atoms with Gasteiger partial charge in [-0.2, -0.15) is 11.1 Å². The van der Waals surface area contributed by atoms with E-state index in [4.69, 9.17) is 11.1 Å². The summed E-state index contributed by atoms with van der Waals surface area (Å²) in [6.45, 7) is 6.54. The molecule has 0 saturated heterocycles. The summed E-state index contributed by atoms with van der Waals surface area (Å²) in [5.74, 6) is 0.583. The van der Waals surface area contributed by atoms with Crippen molar-refractivity contribution in [2.45, 2.75) is 26.3 Å². The molecule has 0 fully saturated rings. The first-order chi connectivity index (χ1) is 5.63. The first kappa shape index (κ1) is 9.81. The molecule has 0 aromatic heterocycles. The molecule has 0 bridgehead atoms. The highest BCUT2D eigenvalue weighted by atomic mass is 35.6. The molecule has 1 aromatic rings. The SMILES string of the molecule is CC(C)c1ccccc1[Si](C)Cl. The van der Waals surface area contributed by atoms with E-state index >= 15 is 0 Å². The first-order valence-corrected chi connectivity index (χ1v) is 7.22. The van der Waals surface area contributed by atoms with Crippen LogP contribution in [0.1, 0.15) is 25.3 Å². The number of benzene rings is 1. The van der Waals surface area contributed by atoms with Gasteiger partial charge in [-0.25, -0.2) is 0 Å². The minimum Gasteiger partial charge on any atom is -0.163 e. The van der Waals surface area contributed by atoms with E-state index in [-0.39, 0.29) is 0 Å². The topological polar surface area (TPSA) is 0 Å². The molecule has 0 N–H and O–H groups in total. The lowest BCUT2D eigenvalue weighted by atomic mass is 10.0. The Kier molecular flexibility index (Phi) is 3.36. The molecule has 2 heteroatoms. The predicted molar refractivity (Wildman–Crippen MR) is 57.6 cm³/mol. The Morgan fingerprint density at radius 3 is 2.25 bits per heavy atom. The smallest absolute Gasteiger partial charge is 0.163 e. The van der Waals surface area contributed by atoms with Crippen molar-refractivity contribution >= 4 is 24.4 Å². The number of rotatable bonds is 2. The van der Waals surface area contributed by atoms with E-state index in [1.54, 1.807) is 0 Å². The van der Waals surface area contributed by atoms with Gasteiger partial charge >= 0.3 is 0 Å². The summed E-state index contributed by atoms with van der Waals surface area (Å²) in [6.07, 6.45) is 0. The van der Waals surface area contributed by atoms with Crippen molar-refractivity contribution in [1.82, 2.24) is 0 Å². The van der Waals surface area contributed by atoms with Gasteiger partial charge in [0.2, 0.25) is 0 Å². The summed E-state index contributed by atoms with van der Waals surface area (Å²) in [6, 6.07) is 8.48. The highest BCUT2D eigenvalue weighted by Crippen LogP contribution is 2.12. The molecule has 0 unspecified atom stereocenters. The fourth-order valence-corrected chi connectivity index (χ4v) is 2.93. The van der Waals surface area contributed by atoms with Crippen molar-refractivity contribution < 1.29 is 0 Å². The summed E-state index contributed by atoms with van der Waals surface area (Å²) in [5, 5.41) is 1.36. The molecule has 0 nitrogen and oxygen atoms in total. The van der Waals surface area contributed by atoms with Crippen LogP contribution >= 0.6 is 11.1 Å². The predicted octanol–water partition coefficient (Wildman–Crippen LogP) is 2.88. The second kappa shape index (κ2) is 4.10. The van der Waals surface area contributed by atoms with Gasteiger partial charge < -0.3 is 0 Å². The summed E-state index contributed by atoms with van der Waals surface area (Å²) < 4.78 is 0. The Morgan fingerprint density at radius 1 is 1.25 bits per heavy atom. The highest BCUT2D eigenvalue weighted by Gasteiger charge is 2.11. The van der Waals surface area contributed by atoms with Crippen molar-refractivity contribution in [3.63, 3.8) is 0 Å². The minimum atomic E-state index is -0.814. The average molecular weight is 198 g/mol. The number of halogens is 1. The fraction of sp³-hybridized carbons (Fsp3) is 0.400.